The lowest BCUT2D eigenvalue weighted by Crippen LogP contribution is -2.46. The van der Waals surface area contributed by atoms with Crippen LogP contribution < -0.4 is 14.9 Å². The first-order valence-electron chi connectivity index (χ1n) is 10.1. The Morgan fingerprint density at radius 1 is 1.06 bits per heavy atom. The number of benzene rings is 3. The molecule has 0 aliphatic carbocycles. The number of hydrazone groups is 1. The first kappa shape index (κ1) is 25.4. The number of halogens is 1. The van der Waals surface area contributed by atoms with Crippen molar-refractivity contribution in [1.82, 2.24) is 10.1 Å². The zero-order valence-electron chi connectivity index (χ0n) is 17.9. The highest BCUT2D eigenvalue weighted by molar-refractivity contribution is 14.1. The summed E-state index contributed by atoms with van der Waals surface area (Å²) in [4.78, 5) is 13.0. The van der Waals surface area contributed by atoms with E-state index in [1.165, 1.54) is 18.3 Å². The van der Waals surface area contributed by atoms with Crippen LogP contribution in [0.1, 0.15) is 11.1 Å². The van der Waals surface area contributed by atoms with Crippen molar-refractivity contribution in [2.75, 3.05) is 6.61 Å². The topological polar surface area (TPSA) is 121 Å². The Morgan fingerprint density at radius 3 is 2.44 bits per heavy atom. The lowest BCUT2D eigenvalue weighted by atomic mass is 10.1. The van der Waals surface area contributed by atoms with Crippen molar-refractivity contribution in [1.29, 1.82) is 5.26 Å². The van der Waals surface area contributed by atoms with Gasteiger partial charge in [-0.05, 0) is 71.0 Å². The number of carbonyl (C=O) groups is 1. The molecule has 3 aromatic rings. The second-order valence-corrected chi connectivity index (χ2v) is 10.00. The van der Waals surface area contributed by atoms with Gasteiger partial charge in [0, 0.05) is 9.13 Å². The number of rotatable bonds is 10. The van der Waals surface area contributed by atoms with Crippen LogP contribution in [0.15, 0.2) is 88.9 Å². The van der Waals surface area contributed by atoms with Crippen LogP contribution in [0.25, 0.3) is 0 Å². The molecule has 0 bridgehead atoms. The Labute approximate surface area is 211 Å². The third-order valence-electron chi connectivity index (χ3n) is 4.61. The number of nitrogens with one attached hydrogen (secondary N) is 2. The van der Waals surface area contributed by atoms with Crippen LogP contribution >= 0.6 is 22.6 Å². The fourth-order valence-electron chi connectivity index (χ4n) is 2.98. The summed E-state index contributed by atoms with van der Waals surface area (Å²) < 4.78 is 34.5. The average Bonchev–Trinajstić information content (AvgIpc) is 2.83. The summed E-state index contributed by atoms with van der Waals surface area (Å²) in [5.74, 6) is -0.188. The van der Waals surface area contributed by atoms with Crippen molar-refractivity contribution in [2.45, 2.75) is 17.4 Å². The van der Waals surface area contributed by atoms with Gasteiger partial charge in [0.25, 0.3) is 5.91 Å². The molecule has 0 aliphatic rings. The predicted molar refractivity (Wildman–Crippen MR) is 137 cm³/mol. The Bertz CT molecular complexity index is 1290. The zero-order chi connectivity index (χ0) is 24.4. The molecule has 0 saturated heterocycles. The third kappa shape index (κ3) is 7.38. The van der Waals surface area contributed by atoms with Gasteiger partial charge in [-0.3, -0.25) is 4.79 Å². The van der Waals surface area contributed by atoms with Gasteiger partial charge in [-0.25, -0.2) is 13.8 Å². The maximum Gasteiger partial charge on any atom is 0.258 e. The molecule has 0 heterocycles. The molecule has 0 unspecified atom stereocenters. The summed E-state index contributed by atoms with van der Waals surface area (Å²) in [7, 11) is -3.95. The van der Waals surface area contributed by atoms with E-state index in [4.69, 9.17) is 10.00 Å². The minimum atomic E-state index is -3.95. The predicted octanol–water partition coefficient (Wildman–Crippen LogP) is 3.23. The largest absolute Gasteiger partial charge is 0.478 e. The Balaban J connectivity index is 1.78. The van der Waals surface area contributed by atoms with Gasteiger partial charge in [-0.1, -0.05) is 42.5 Å². The number of nitriles is 1. The molecule has 0 spiro atoms. The minimum Gasteiger partial charge on any atom is -0.478 e. The highest BCUT2D eigenvalue weighted by Crippen LogP contribution is 2.16. The fourth-order valence-corrected chi connectivity index (χ4v) is 4.53. The van der Waals surface area contributed by atoms with Crippen molar-refractivity contribution in [2.24, 2.45) is 5.10 Å². The third-order valence-corrected chi connectivity index (χ3v) is 6.82. The molecule has 0 fully saturated rings. The molecule has 3 aromatic carbocycles. The van der Waals surface area contributed by atoms with Crippen LogP contribution in [0.5, 0.6) is 5.75 Å². The van der Waals surface area contributed by atoms with Gasteiger partial charge in [-0.15, -0.1) is 0 Å². The normalized spacial score (nSPS) is 12.1. The van der Waals surface area contributed by atoms with E-state index in [1.54, 1.807) is 36.4 Å². The Hall–Kier alpha value is -3.27. The molecular weight excluding hydrogens is 567 g/mol. The SMILES string of the molecule is N#CCOc1ccccc1/C=N\NC(=O)[C@H](Cc1ccccc1)NS(=O)(=O)c1ccc(I)cc1. The number of nitrogens with zero attached hydrogens (tertiary/aromatic N) is 2. The Morgan fingerprint density at radius 2 is 1.74 bits per heavy atom. The number of para-hydroxylation sites is 1. The standard InChI is InChI=1S/C24H21IN4O4S/c25-20-10-12-21(13-11-20)34(31,32)29-22(16-18-6-2-1-3-7-18)24(30)28-27-17-19-8-4-5-9-23(19)33-15-14-26/h1-13,17,22,29H,15-16H2,(H,28,30)/b27-17-/t22-/m0/s1. The summed E-state index contributed by atoms with van der Waals surface area (Å²) in [6.45, 7) is -0.128. The number of hydrogen-bond donors (Lipinski definition) is 2. The highest BCUT2D eigenvalue weighted by atomic mass is 127. The van der Waals surface area contributed by atoms with Crippen molar-refractivity contribution >= 4 is 44.7 Å². The van der Waals surface area contributed by atoms with E-state index in [-0.39, 0.29) is 17.9 Å². The average molecular weight is 588 g/mol. The lowest BCUT2D eigenvalue weighted by molar-refractivity contribution is -0.122. The zero-order valence-corrected chi connectivity index (χ0v) is 20.9. The molecule has 1 amide bonds. The lowest BCUT2D eigenvalue weighted by Gasteiger charge is -2.17. The summed E-state index contributed by atoms with van der Waals surface area (Å²) >= 11 is 2.09. The summed E-state index contributed by atoms with van der Waals surface area (Å²) in [5.41, 5.74) is 3.74. The molecule has 8 nitrogen and oxygen atoms in total. The maximum absolute atomic E-state index is 12.9. The molecule has 34 heavy (non-hydrogen) atoms. The van der Waals surface area contributed by atoms with E-state index in [0.29, 0.717) is 11.3 Å². The number of ether oxygens (including phenoxy) is 1. The van der Waals surface area contributed by atoms with Gasteiger partial charge >= 0.3 is 0 Å². The van der Waals surface area contributed by atoms with Crippen LogP contribution in [-0.2, 0) is 21.2 Å². The molecular formula is C24H21IN4O4S. The number of amides is 1. The first-order valence-corrected chi connectivity index (χ1v) is 12.7. The van der Waals surface area contributed by atoms with Gasteiger partial charge in [0.05, 0.1) is 11.1 Å². The fraction of sp³-hybridized carbons (Fsp3) is 0.125. The molecule has 0 radical (unpaired) electrons. The molecule has 0 saturated carbocycles. The van der Waals surface area contributed by atoms with E-state index in [9.17, 15) is 13.2 Å². The smallest absolute Gasteiger partial charge is 0.258 e. The molecule has 3 rings (SSSR count). The summed E-state index contributed by atoms with van der Waals surface area (Å²) in [6, 6.07) is 23.1. The van der Waals surface area contributed by atoms with Crippen LogP contribution in [-0.4, -0.2) is 33.2 Å². The van der Waals surface area contributed by atoms with Crippen LogP contribution in [0.4, 0.5) is 0 Å². The molecule has 0 aromatic heterocycles. The first-order chi connectivity index (χ1) is 16.4. The number of sulfonamides is 1. The van der Waals surface area contributed by atoms with Gasteiger partial charge in [0.2, 0.25) is 10.0 Å². The monoisotopic (exact) mass is 588 g/mol. The molecule has 0 aliphatic heterocycles. The highest BCUT2D eigenvalue weighted by Gasteiger charge is 2.26. The van der Waals surface area contributed by atoms with Gasteiger partial charge in [0.15, 0.2) is 6.61 Å². The second-order valence-electron chi connectivity index (χ2n) is 7.04. The molecule has 10 heteroatoms. The van der Waals surface area contributed by atoms with Crippen LogP contribution in [0, 0.1) is 14.9 Å². The van der Waals surface area contributed by atoms with Crippen molar-refractivity contribution < 1.29 is 17.9 Å². The number of hydrogen-bond acceptors (Lipinski definition) is 6. The van der Waals surface area contributed by atoms with Crippen molar-refractivity contribution in [3.8, 4) is 11.8 Å². The summed E-state index contributed by atoms with van der Waals surface area (Å²) in [6.07, 6.45) is 1.51. The molecule has 174 valence electrons. The molecule has 2 N–H and O–H groups in total. The second kappa shape index (κ2) is 12.3. The quantitative estimate of drug-likeness (QED) is 0.214. The van der Waals surface area contributed by atoms with Gasteiger partial charge in [-0.2, -0.15) is 15.1 Å². The number of carbonyl (C=O) groups excluding carboxylic acids is 1. The van der Waals surface area contributed by atoms with Crippen LogP contribution in [0.2, 0.25) is 0 Å². The van der Waals surface area contributed by atoms with Gasteiger partial charge in [0.1, 0.15) is 17.9 Å². The van der Waals surface area contributed by atoms with Crippen molar-refractivity contribution in [3.05, 3.63) is 93.6 Å². The minimum absolute atomic E-state index is 0.0610. The summed E-state index contributed by atoms with van der Waals surface area (Å²) in [5, 5.41) is 12.7. The Kier molecular flexibility index (Phi) is 9.15. The van der Waals surface area contributed by atoms with Crippen LogP contribution in [0.3, 0.4) is 0 Å². The van der Waals surface area contributed by atoms with E-state index in [1.807, 2.05) is 36.4 Å². The van der Waals surface area contributed by atoms with E-state index >= 15 is 0 Å². The van der Waals surface area contributed by atoms with E-state index in [0.717, 1.165) is 9.13 Å². The van der Waals surface area contributed by atoms with Crippen molar-refractivity contribution in [3.63, 3.8) is 0 Å². The molecule has 1 atom stereocenters. The van der Waals surface area contributed by atoms with E-state index in [2.05, 4.69) is 37.8 Å². The van der Waals surface area contributed by atoms with Gasteiger partial charge < -0.3 is 4.74 Å². The van der Waals surface area contributed by atoms with E-state index < -0.39 is 22.0 Å². The maximum atomic E-state index is 12.9.